The van der Waals surface area contributed by atoms with Gasteiger partial charge in [-0.25, -0.2) is 4.79 Å². The Balaban J connectivity index is 2.00. The zero-order valence-electron chi connectivity index (χ0n) is 12.3. The summed E-state index contributed by atoms with van der Waals surface area (Å²) in [6.07, 6.45) is -1.04. The average molecular weight is 314 g/mol. The first-order valence-corrected chi connectivity index (χ1v) is 6.78. The number of nitro benzene ring substituents is 1. The van der Waals surface area contributed by atoms with E-state index in [0.29, 0.717) is 5.69 Å². The van der Waals surface area contributed by atoms with Gasteiger partial charge >= 0.3 is 5.97 Å². The van der Waals surface area contributed by atoms with Gasteiger partial charge in [-0.3, -0.25) is 14.9 Å². The van der Waals surface area contributed by atoms with Crippen LogP contribution in [0.3, 0.4) is 0 Å². The van der Waals surface area contributed by atoms with Crippen LogP contribution < -0.4 is 5.32 Å². The van der Waals surface area contributed by atoms with Crippen molar-refractivity contribution in [2.75, 3.05) is 5.32 Å². The van der Waals surface area contributed by atoms with Gasteiger partial charge < -0.3 is 10.1 Å². The van der Waals surface area contributed by atoms with E-state index in [4.69, 9.17) is 4.74 Å². The number of benzene rings is 2. The third-order valence-corrected chi connectivity index (χ3v) is 2.99. The Morgan fingerprint density at radius 3 is 2.48 bits per heavy atom. The van der Waals surface area contributed by atoms with Crippen LogP contribution in [0.4, 0.5) is 11.4 Å². The zero-order chi connectivity index (χ0) is 16.8. The van der Waals surface area contributed by atoms with Gasteiger partial charge in [-0.15, -0.1) is 0 Å². The summed E-state index contributed by atoms with van der Waals surface area (Å²) in [6.45, 7) is 1.42. The Kier molecular flexibility index (Phi) is 5.03. The van der Waals surface area contributed by atoms with Gasteiger partial charge in [-0.2, -0.15) is 0 Å². The fourth-order valence-electron chi connectivity index (χ4n) is 1.79. The summed E-state index contributed by atoms with van der Waals surface area (Å²) in [7, 11) is 0. The van der Waals surface area contributed by atoms with Crippen LogP contribution in [0.1, 0.15) is 17.3 Å². The van der Waals surface area contributed by atoms with E-state index in [0.717, 1.165) is 6.07 Å². The molecule has 1 N–H and O–H groups in total. The minimum Gasteiger partial charge on any atom is -0.449 e. The van der Waals surface area contributed by atoms with Crippen molar-refractivity contribution in [3.05, 3.63) is 70.3 Å². The van der Waals surface area contributed by atoms with E-state index in [1.165, 1.54) is 25.1 Å². The van der Waals surface area contributed by atoms with Crippen LogP contribution >= 0.6 is 0 Å². The second-order valence-electron chi connectivity index (χ2n) is 4.71. The lowest BCUT2D eigenvalue weighted by atomic mass is 10.2. The molecule has 0 unspecified atom stereocenters. The molecule has 0 fully saturated rings. The van der Waals surface area contributed by atoms with Crippen LogP contribution in [0.25, 0.3) is 0 Å². The van der Waals surface area contributed by atoms with Gasteiger partial charge in [-0.05, 0) is 25.1 Å². The number of nitrogens with zero attached hydrogens (tertiary/aromatic N) is 1. The molecule has 1 atom stereocenters. The third kappa shape index (κ3) is 4.37. The summed E-state index contributed by atoms with van der Waals surface area (Å²) < 4.78 is 5.03. The Bertz CT molecular complexity index is 730. The van der Waals surface area contributed by atoms with Crippen LogP contribution in [0.2, 0.25) is 0 Å². The lowest BCUT2D eigenvalue weighted by Gasteiger charge is -2.13. The largest absolute Gasteiger partial charge is 0.449 e. The van der Waals surface area contributed by atoms with E-state index in [1.807, 2.05) is 0 Å². The smallest absolute Gasteiger partial charge is 0.339 e. The van der Waals surface area contributed by atoms with Gasteiger partial charge in [0, 0.05) is 17.8 Å². The lowest BCUT2D eigenvalue weighted by Crippen LogP contribution is -2.30. The van der Waals surface area contributed by atoms with E-state index in [2.05, 4.69) is 5.32 Å². The molecule has 7 heteroatoms. The van der Waals surface area contributed by atoms with E-state index in [-0.39, 0.29) is 11.3 Å². The number of amides is 1. The highest BCUT2D eigenvalue weighted by Gasteiger charge is 2.20. The fourth-order valence-corrected chi connectivity index (χ4v) is 1.79. The number of hydrogen-bond donors (Lipinski definition) is 1. The Hall–Kier alpha value is -3.22. The van der Waals surface area contributed by atoms with Crippen molar-refractivity contribution >= 4 is 23.3 Å². The van der Waals surface area contributed by atoms with Crippen molar-refractivity contribution in [2.24, 2.45) is 0 Å². The van der Waals surface area contributed by atoms with Gasteiger partial charge in [0.05, 0.1) is 10.5 Å². The van der Waals surface area contributed by atoms with Crippen molar-refractivity contribution in [3.63, 3.8) is 0 Å². The molecule has 0 aromatic heterocycles. The molecule has 0 aliphatic rings. The molecular weight excluding hydrogens is 300 g/mol. The number of nitro groups is 1. The predicted octanol–water partition coefficient (Wildman–Crippen LogP) is 2.78. The van der Waals surface area contributed by atoms with E-state index < -0.39 is 22.9 Å². The Labute approximate surface area is 132 Å². The number of para-hydroxylation sites is 1. The zero-order valence-corrected chi connectivity index (χ0v) is 12.3. The summed E-state index contributed by atoms with van der Waals surface area (Å²) in [5.74, 6) is -1.29. The topological polar surface area (TPSA) is 98.5 Å². The monoisotopic (exact) mass is 314 g/mol. The number of nitrogens with one attached hydrogen (secondary N) is 1. The minimum atomic E-state index is -1.04. The highest BCUT2D eigenvalue weighted by Crippen LogP contribution is 2.15. The van der Waals surface area contributed by atoms with Crippen LogP contribution in [0.5, 0.6) is 0 Å². The number of carbonyl (C=O) groups is 2. The average Bonchev–Trinajstić information content (AvgIpc) is 2.55. The number of non-ortho nitro benzene ring substituents is 1. The van der Waals surface area contributed by atoms with Crippen molar-refractivity contribution in [1.82, 2.24) is 0 Å². The maximum absolute atomic E-state index is 12.0. The van der Waals surface area contributed by atoms with Gasteiger partial charge in [-0.1, -0.05) is 24.3 Å². The van der Waals surface area contributed by atoms with Gasteiger partial charge in [0.15, 0.2) is 6.10 Å². The molecule has 2 aromatic rings. The Morgan fingerprint density at radius 1 is 1.13 bits per heavy atom. The molecule has 23 heavy (non-hydrogen) atoms. The molecule has 0 radical (unpaired) electrons. The molecule has 7 nitrogen and oxygen atoms in total. The summed E-state index contributed by atoms with van der Waals surface area (Å²) in [4.78, 5) is 34.0. The number of hydrogen-bond acceptors (Lipinski definition) is 5. The second-order valence-corrected chi connectivity index (χ2v) is 4.71. The number of esters is 1. The molecule has 0 spiro atoms. The lowest BCUT2D eigenvalue weighted by molar-refractivity contribution is -0.384. The van der Waals surface area contributed by atoms with E-state index >= 15 is 0 Å². The second kappa shape index (κ2) is 7.17. The number of carbonyl (C=O) groups excluding carboxylic acids is 2. The maximum Gasteiger partial charge on any atom is 0.339 e. The summed E-state index contributed by atoms with van der Waals surface area (Å²) in [5.41, 5.74) is 0.371. The summed E-state index contributed by atoms with van der Waals surface area (Å²) in [6, 6.07) is 13.9. The van der Waals surface area contributed by atoms with Crippen molar-refractivity contribution in [2.45, 2.75) is 13.0 Å². The first-order valence-electron chi connectivity index (χ1n) is 6.78. The summed E-state index contributed by atoms with van der Waals surface area (Å²) in [5, 5.41) is 13.3. The highest BCUT2D eigenvalue weighted by atomic mass is 16.6. The van der Waals surface area contributed by atoms with E-state index in [1.54, 1.807) is 30.3 Å². The third-order valence-electron chi connectivity index (χ3n) is 2.99. The van der Waals surface area contributed by atoms with Crippen LogP contribution in [-0.4, -0.2) is 22.9 Å². The number of rotatable bonds is 5. The van der Waals surface area contributed by atoms with Crippen molar-refractivity contribution in [3.8, 4) is 0 Å². The normalized spacial score (nSPS) is 11.3. The minimum absolute atomic E-state index is 0.0126. The Morgan fingerprint density at radius 2 is 1.83 bits per heavy atom. The summed E-state index contributed by atoms with van der Waals surface area (Å²) >= 11 is 0. The molecule has 118 valence electrons. The van der Waals surface area contributed by atoms with Gasteiger partial charge in [0.2, 0.25) is 0 Å². The number of anilines is 1. The predicted molar refractivity (Wildman–Crippen MR) is 83.0 cm³/mol. The van der Waals surface area contributed by atoms with E-state index in [9.17, 15) is 19.7 Å². The molecule has 1 amide bonds. The fraction of sp³-hybridized carbons (Fsp3) is 0.125. The SMILES string of the molecule is C[C@@H](OC(=O)c1cccc([N+](=O)[O-])c1)C(=O)Nc1ccccc1. The highest BCUT2D eigenvalue weighted by molar-refractivity contribution is 5.97. The quantitative estimate of drug-likeness (QED) is 0.520. The van der Waals surface area contributed by atoms with Crippen molar-refractivity contribution in [1.29, 1.82) is 0 Å². The van der Waals surface area contributed by atoms with Gasteiger partial charge in [0.1, 0.15) is 0 Å². The molecule has 0 heterocycles. The number of ether oxygens (including phenoxy) is 1. The molecule has 0 bridgehead atoms. The molecule has 0 aliphatic heterocycles. The molecule has 2 rings (SSSR count). The molecule has 2 aromatic carbocycles. The standard InChI is InChI=1S/C16H14N2O5/c1-11(15(19)17-13-7-3-2-4-8-13)23-16(20)12-6-5-9-14(10-12)18(21)22/h2-11H,1H3,(H,17,19)/t11-/m1/s1. The van der Waals surface area contributed by atoms with Crippen LogP contribution in [0.15, 0.2) is 54.6 Å². The molecule has 0 aliphatic carbocycles. The first kappa shape index (κ1) is 16.2. The molecule has 0 saturated heterocycles. The molecular formula is C16H14N2O5. The molecule has 0 saturated carbocycles. The van der Waals surface area contributed by atoms with Crippen LogP contribution in [-0.2, 0) is 9.53 Å². The first-order chi connectivity index (χ1) is 11.0. The maximum atomic E-state index is 12.0. The van der Waals surface area contributed by atoms with Crippen LogP contribution in [0, 0.1) is 10.1 Å². The van der Waals surface area contributed by atoms with Crippen molar-refractivity contribution < 1.29 is 19.2 Å². The van der Waals surface area contributed by atoms with Gasteiger partial charge in [0.25, 0.3) is 11.6 Å².